The SMILES string of the molecule is Oc1cc(-c2nc(Cc3ccccc3Br)no2)ccc1Br. The molecule has 3 aromatic rings. The fourth-order valence-corrected chi connectivity index (χ4v) is 2.57. The van der Waals surface area contributed by atoms with E-state index in [0.717, 1.165) is 10.0 Å². The van der Waals surface area contributed by atoms with Crippen molar-refractivity contribution in [3.8, 4) is 17.2 Å². The van der Waals surface area contributed by atoms with Crippen LogP contribution in [0.2, 0.25) is 0 Å². The fourth-order valence-electron chi connectivity index (χ4n) is 1.90. The van der Waals surface area contributed by atoms with Crippen LogP contribution in [0.25, 0.3) is 11.5 Å². The first-order valence-electron chi connectivity index (χ1n) is 6.18. The van der Waals surface area contributed by atoms with E-state index in [0.29, 0.717) is 28.2 Å². The second kappa shape index (κ2) is 5.99. The minimum atomic E-state index is 0.137. The van der Waals surface area contributed by atoms with E-state index in [9.17, 15) is 5.11 Å². The molecule has 1 N–H and O–H groups in total. The van der Waals surface area contributed by atoms with E-state index >= 15 is 0 Å². The van der Waals surface area contributed by atoms with E-state index in [4.69, 9.17) is 4.52 Å². The van der Waals surface area contributed by atoms with E-state index in [-0.39, 0.29) is 5.75 Å². The monoisotopic (exact) mass is 408 g/mol. The molecule has 0 atom stereocenters. The summed E-state index contributed by atoms with van der Waals surface area (Å²) >= 11 is 6.74. The van der Waals surface area contributed by atoms with Crippen LogP contribution in [0, 0.1) is 0 Å². The van der Waals surface area contributed by atoms with Gasteiger partial charge in [-0.1, -0.05) is 39.3 Å². The topological polar surface area (TPSA) is 59.2 Å². The summed E-state index contributed by atoms with van der Waals surface area (Å²) in [6.07, 6.45) is 0.577. The Bertz CT molecular complexity index is 787. The highest BCUT2D eigenvalue weighted by Crippen LogP contribution is 2.29. The number of aromatic nitrogens is 2. The van der Waals surface area contributed by atoms with Gasteiger partial charge >= 0.3 is 0 Å². The zero-order chi connectivity index (χ0) is 14.8. The largest absolute Gasteiger partial charge is 0.507 e. The first-order chi connectivity index (χ1) is 10.1. The Hall–Kier alpha value is -1.66. The minimum absolute atomic E-state index is 0.137. The van der Waals surface area contributed by atoms with Gasteiger partial charge in [0.15, 0.2) is 5.82 Å². The van der Waals surface area contributed by atoms with Crippen molar-refractivity contribution in [2.75, 3.05) is 0 Å². The van der Waals surface area contributed by atoms with Crippen molar-refractivity contribution in [1.29, 1.82) is 0 Å². The van der Waals surface area contributed by atoms with Gasteiger partial charge in [-0.25, -0.2) is 0 Å². The number of nitrogens with zero attached hydrogens (tertiary/aromatic N) is 2. The van der Waals surface area contributed by atoms with Gasteiger partial charge in [-0.15, -0.1) is 0 Å². The second-order valence-electron chi connectivity index (χ2n) is 4.45. The number of hydrogen-bond donors (Lipinski definition) is 1. The molecular weight excluding hydrogens is 400 g/mol. The van der Waals surface area contributed by atoms with Gasteiger partial charge in [-0.05, 0) is 45.8 Å². The summed E-state index contributed by atoms with van der Waals surface area (Å²) in [7, 11) is 0. The maximum atomic E-state index is 9.70. The van der Waals surface area contributed by atoms with E-state index in [1.165, 1.54) is 0 Å². The van der Waals surface area contributed by atoms with Crippen molar-refractivity contribution in [2.45, 2.75) is 6.42 Å². The van der Waals surface area contributed by atoms with E-state index in [1.54, 1.807) is 18.2 Å². The third-order valence-corrected chi connectivity index (χ3v) is 4.41. The zero-order valence-electron chi connectivity index (χ0n) is 10.8. The smallest absolute Gasteiger partial charge is 0.258 e. The van der Waals surface area contributed by atoms with Gasteiger partial charge in [0.05, 0.1) is 4.47 Å². The van der Waals surface area contributed by atoms with Gasteiger partial charge in [0.2, 0.25) is 0 Å². The Kier molecular flexibility index (Phi) is 4.07. The standard InChI is InChI=1S/C15H10Br2N2O2/c16-11-4-2-1-3-9(11)8-14-18-15(21-19-14)10-5-6-12(17)13(20)7-10/h1-7,20H,8H2. The average Bonchev–Trinajstić information content (AvgIpc) is 2.93. The maximum Gasteiger partial charge on any atom is 0.258 e. The number of rotatable bonds is 3. The summed E-state index contributed by atoms with van der Waals surface area (Å²) < 4.78 is 6.89. The number of hydrogen-bond acceptors (Lipinski definition) is 4. The predicted octanol–water partition coefficient (Wildman–Crippen LogP) is 4.56. The Morgan fingerprint density at radius 3 is 2.62 bits per heavy atom. The van der Waals surface area contributed by atoms with Gasteiger partial charge in [0.1, 0.15) is 5.75 Å². The molecule has 0 bridgehead atoms. The lowest BCUT2D eigenvalue weighted by atomic mass is 10.1. The van der Waals surface area contributed by atoms with Crippen LogP contribution in [-0.4, -0.2) is 15.2 Å². The minimum Gasteiger partial charge on any atom is -0.507 e. The van der Waals surface area contributed by atoms with Crippen molar-refractivity contribution >= 4 is 31.9 Å². The van der Waals surface area contributed by atoms with Crippen LogP contribution in [0.1, 0.15) is 11.4 Å². The van der Waals surface area contributed by atoms with Crippen LogP contribution >= 0.6 is 31.9 Å². The second-order valence-corrected chi connectivity index (χ2v) is 6.16. The van der Waals surface area contributed by atoms with Crippen molar-refractivity contribution in [2.24, 2.45) is 0 Å². The molecule has 0 saturated carbocycles. The third-order valence-electron chi connectivity index (χ3n) is 2.97. The lowest BCUT2D eigenvalue weighted by molar-refractivity contribution is 0.423. The zero-order valence-corrected chi connectivity index (χ0v) is 13.9. The number of halogens is 2. The van der Waals surface area contributed by atoms with Gasteiger partial charge in [0.25, 0.3) is 5.89 Å². The van der Waals surface area contributed by atoms with Gasteiger partial charge < -0.3 is 9.63 Å². The maximum absolute atomic E-state index is 9.70. The molecule has 0 aliphatic heterocycles. The number of aromatic hydroxyl groups is 1. The summed E-state index contributed by atoms with van der Waals surface area (Å²) in [6, 6.07) is 13.0. The molecule has 0 saturated heterocycles. The molecule has 6 heteroatoms. The number of benzene rings is 2. The summed E-state index contributed by atoms with van der Waals surface area (Å²) in [6.45, 7) is 0. The highest BCUT2D eigenvalue weighted by molar-refractivity contribution is 9.10. The van der Waals surface area contributed by atoms with Crippen LogP contribution < -0.4 is 0 Å². The molecule has 0 spiro atoms. The molecule has 0 amide bonds. The average molecular weight is 410 g/mol. The highest BCUT2D eigenvalue weighted by Gasteiger charge is 2.12. The fraction of sp³-hybridized carbons (Fsp3) is 0.0667. The van der Waals surface area contributed by atoms with Crippen molar-refractivity contribution in [3.05, 3.63) is 62.8 Å². The Morgan fingerprint density at radius 1 is 1.05 bits per heavy atom. The van der Waals surface area contributed by atoms with Crippen LogP contribution in [0.3, 0.4) is 0 Å². The molecule has 0 fully saturated rings. The quantitative estimate of drug-likeness (QED) is 0.688. The normalized spacial score (nSPS) is 10.8. The molecule has 1 heterocycles. The molecule has 21 heavy (non-hydrogen) atoms. The molecule has 106 valence electrons. The van der Waals surface area contributed by atoms with Crippen molar-refractivity contribution < 1.29 is 9.63 Å². The predicted molar refractivity (Wildman–Crippen MR) is 86.0 cm³/mol. The molecular formula is C15H10Br2N2O2. The molecule has 2 aromatic carbocycles. The molecule has 4 nitrogen and oxygen atoms in total. The lowest BCUT2D eigenvalue weighted by Crippen LogP contribution is -1.91. The summed E-state index contributed by atoms with van der Waals surface area (Å²) in [4.78, 5) is 4.36. The Morgan fingerprint density at radius 2 is 1.86 bits per heavy atom. The number of phenolic OH excluding ortho intramolecular Hbond substituents is 1. The van der Waals surface area contributed by atoms with E-state index in [1.807, 2.05) is 24.3 Å². The summed E-state index contributed by atoms with van der Waals surface area (Å²) in [5.41, 5.74) is 1.77. The first kappa shape index (κ1) is 14.3. The van der Waals surface area contributed by atoms with Crippen LogP contribution in [0.15, 0.2) is 55.9 Å². The molecule has 3 rings (SSSR count). The molecule has 0 radical (unpaired) electrons. The van der Waals surface area contributed by atoms with Gasteiger partial charge in [-0.3, -0.25) is 0 Å². The van der Waals surface area contributed by atoms with Gasteiger partial charge in [0, 0.05) is 16.5 Å². The van der Waals surface area contributed by atoms with Crippen LogP contribution in [-0.2, 0) is 6.42 Å². The first-order valence-corrected chi connectivity index (χ1v) is 7.77. The van der Waals surface area contributed by atoms with E-state index < -0.39 is 0 Å². The van der Waals surface area contributed by atoms with E-state index in [2.05, 4.69) is 42.0 Å². The molecule has 0 unspecified atom stereocenters. The number of phenols is 1. The van der Waals surface area contributed by atoms with Crippen molar-refractivity contribution in [1.82, 2.24) is 10.1 Å². The third kappa shape index (κ3) is 3.16. The molecule has 0 aliphatic carbocycles. The van der Waals surface area contributed by atoms with Crippen molar-refractivity contribution in [3.63, 3.8) is 0 Å². The lowest BCUT2D eigenvalue weighted by Gasteiger charge is -1.99. The Labute approximate surface area is 138 Å². The van der Waals surface area contributed by atoms with Crippen LogP contribution in [0.5, 0.6) is 5.75 Å². The molecule has 0 aliphatic rings. The molecule has 1 aromatic heterocycles. The Balaban J connectivity index is 1.86. The highest BCUT2D eigenvalue weighted by atomic mass is 79.9. The van der Waals surface area contributed by atoms with Gasteiger partial charge in [-0.2, -0.15) is 4.98 Å². The summed E-state index contributed by atoms with van der Waals surface area (Å²) in [5, 5.41) is 13.7. The van der Waals surface area contributed by atoms with Crippen LogP contribution in [0.4, 0.5) is 0 Å². The summed E-state index contributed by atoms with van der Waals surface area (Å²) in [5.74, 6) is 1.12.